The number of anilines is 3. The topological polar surface area (TPSA) is 70.7 Å². The molecule has 0 aliphatic carbocycles. The van der Waals surface area contributed by atoms with E-state index in [4.69, 9.17) is 4.74 Å². The van der Waals surface area contributed by atoms with Crippen LogP contribution in [0.4, 0.5) is 17.1 Å². The number of amides is 2. The van der Waals surface area contributed by atoms with Gasteiger partial charge < -0.3 is 20.3 Å². The average molecular weight is 398 g/mol. The highest BCUT2D eigenvalue weighted by atomic mass is 32.2. The Kier molecular flexibility index (Phi) is 5.54. The van der Waals surface area contributed by atoms with Gasteiger partial charge in [0.2, 0.25) is 11.8 Å². The number of hydrogen-bond donors (Lipinski definition) is 2. The molecule has 2 N–H and O–H groups in total. The molecule has 0 spiro atoms. The van der Waals surface area contributed by atoms with Crippen LogP contribution in [0.1, 0.15) is 12.0 Å². The highest BCUT2D eigenvalue weighted by molar-refractivity contribution is 8.01. The van der Waals surface area contributed by atoms with E-state index in [-0.39, 0.29) is 18.2 Å². The molecule has 2 aromatic carbocycles. The molecule has 2 aromatic rings. The van der Waals surface area contributed by atoms with Gasteiger partial charge >= 0.3 is 0 Å². The first kappa shape index (κ1) is 18.8. The third kappa shape index (κ3) is 4.15. The zero-order chi connectivity index (χ0) is 19.5. The van der Waals surface area contributed by atoms with E-state index in [1.54, 1.807) is 0 Å². The summed E-state index contributed by atoms with van der Waals surface area (Å²) in [7, 11) is 0. The molecule has 0 radical (unpaired) electrons. The molecule has 4 rings (SSSR count). The molecule has 0 aromatic heterocycles. The summed E-state index contributed by atoms with van der Waals surface area (Å²) in [6.45, 7) is 5.21. The number of nitrogens with one attached hydrogen (secondary N) is 2. The van der Waals surface area contributed by atoms with Crippen molar-refractivity contribution in [2.24, 2.45) is 0 Å². The minimum atomic E-state index is -0.428. The largest absolute Gasteiger partial charge is 0.378 e. The first-order valence-electron chi connectivity index (χ1n) is 9.40. The summed E-state index contributed by atoms with van der Waals surface area (Å²) >= 11 is 1.44. The van der Waals surface area contributed by atoms with E-state index in [0.29, 0.717) is 0 Å². The molecule has 2 heterocycles. The lowest BCUT2D eigenvalue weighted by atomic mass is 10.1. The molecule has 1 fully saturated rings. The molecule has 2 aliphatic heterocycles. The molecular weight excluding hydrogens is 374 g/mol. The number of hydrogen-bond acceptors (Lipinski definition) is 5. The van der Waals surface area contributed by atoms with E-state index in [9.17, 15) is 9.59 Å². The molecule has 0 bridgehead atoms. The van der Waals surface area contributed by atoms with Gasteiger partial charge in [-0.25, -0.2) is 0 Å². The summed E-state index contributed by atoms with van der Waals surface area (Å²) in [6.07, 6.45) is 0.134. The molecule has 1 atom stereocenters. The molecule has 28 heavy (non-hydrogen) atoms. The predicted molar refractivity (Wildman–Crippen MR) is 112 cm³/mol. The van der Waals surface area contributed by atoms with Crippen LogP contribution in [0, 0.1) is 6.92 Å². The van der Waals surface area contributed by atoms with Crippen LogP contribution in [-0.2, 0) is 14.3 Å². The Bertz CT molecular complexity index is 896. The maximum absolute atomic E-state index is 12.5. The highest BCUT2D eigenvalue weighted by Crippen LogP contribution is 2.36. The van der Waals surface area contributed by atoms with Crippen LogP contribution in [0.2, 0.25) is 0 Å². The molecular formula is C21H23N3O3S. The Morgan fingerprint density at radius 1 is 1.25 bits per heavy atom. The van der Waals surface area contributed by atoms with Crippen molar-refractivity contribution in [3.63, 3.8) is 0 Å². The van der Waals surface area contributed by atoms with Gasteiger partial charge in [-0.1, -0.05) is 12.1 Å². The van der Waals surface area contributed by atoms with E-state index < -0.39 is 5.25 Å². The van der Waals surface area contributed by atoms with Crippen LogP contribution < -0.4 is 15.5 Å². The fraction of sp³-hybridized carbons (Fsp3) is 0.333. The maximum Gasteiger partial charge on any atom is 0.238 e. The van der Waals surface area contributed by atoms with Crippen molar-refractivity contribution in [3.05, 3.63) is 48.0 Å². The molecule has 1 unspecified atom stereocenters. The van der Waals surface area contributed by atoms with Gasteiger partial charge in [0.05, 0.1) is 24.2 Å². The molecule has 6 nitrogen and oxygen atoms in total. The smallest absolute Gasteiger partial charge is 0.238 e. The Hall–Kier alpha value is -2.51. The lowest BCUT2D eigenvalue weighted by Crippen LogP contribution is -2.36. The van der Waals surface area contributed by atoms with Gasteiger partial charge in [0.15, 0.2) is 0 Å². The van der Waals surface area contributed by atoms with Gasteiger partial charge in [-0.2, -0.15) is 0 Å². The number of morpholine rings is 1. The first-order valence-corrected chi connectivity index (χ1v) is 10.3. The number of carbonyl (C=O) groups is 2. The van der Waals surface area contributed by atoms with Crippen LogP contribution >= 0.6 is 11.8 Å². The molecule has 146 valence electrons. The second-order valence-corrected chi connectivity index (χ2v) is 8.19. The minimum absolute atomic E-state index is 0.127. The number of para-hydroxylation sites is 1. The van der Waals surface area contributed by atoms with Crippen molar-refractivity contribution in [2.75, 3.05) is 41.8 Å². The van der Waals surface area contributed by atoms with Gasteiger partial charge in [-0.3, -0.25) is 9.59 Å². The van der Waals surface area contributed by atoms with E-state index in [2.05, 4.69) is 21.6 Å². The van der Waals surface area contributed by atoms with E-state index in [1.807, 2.05) is 43.3 Å². The molecule has 2 amide bonds. The van der Waals surface area contributed by atoms with Crippen LogP contribution in [-0.4, -0.2) is 43.4 Å². The summed E-state index contributed by atoms with van der Waals surface area (Å²) in [4.78, 5) is 28.1. The molecule has 1 saturated heterocycles. The third-order valence-electron chi connectivity index (χ3n) is 4.94. The minimum Gasteiger partial charge on any atom is -0.378 e. The van der Waals surface area contributed by atoms with Gasteiger partial charge in [-0.05, 0) is 42.8 Å². The van der Waals surface area contributed by atoms with Gasteiger partial charge in [0, 0.05) is 35.8 Å². The first-order chi connectivity index (χ1) is 13.6. The number of benzene rings is 2. The average Bonchev–Trinajstić information content (AvgIpc) is 2.71. The third-order valence-corrected chi connectivity index (χ3v) is 6.21. The quantitative estimate of drug-likeness (QED) is 0.829. The number of ether oxygens (including phenoxy) is 1. The SMILES string of the molecule is Cc1cc(N2CCOCC2)ccc1NC(=O)CC1Sc2ccccc2NC1=O. The van der Waals surface area contributed by atoms with Crippen molar-refractivity contribution in [1.82, 2.24) is 0 Å². The second kappa shape index (κ2) is 8.24. The normalized spacial score (nSPS) is 19.0. The number of aryl methyl sites for hydroxylation is 1. The van der Waals surface area contributed by atoms with Crippen LogP contribution in [0.25, 0.3) is 0 Å². The van der Waals surface area contributed by atoms with Crippen molar-refractivity contribution in [3.8, 4) is 0 Å². The summed E-state index contributed by atoms with van der Waals surface area (Å²) in [6, 6.07) is 13.7. The zero-order valence-electron chi connectivity index (χ0n) is 15.7. The summed E-state index contributed by atoms with van der Waals surface area (Å²) < 4.78 is 5.40. The lowest BCUT2D eigenvalue weighted by Gasteiger charge is -2.29. The van der Waals surface area contributed by atoms with Crippen molar-refractivity contribution in [2.45, 2.75) is 23.5 Å². The summed E-state index contributed by atoms with van der Waals surface area (Å²) in [5.41, 5.74) is 3.73. The number of carbonyl (C=O) groups excluding carboxylic acids is 2. The van der Waals surface area contributed by atoms with Crippen LogP contribution in [0.15, 0.2) is 47.4 Å². The number of nitrogens with zero attached hydrogens (tertiary/aromatic N) is 1. The zero-order valence-corrected chi connectivity index (χ0v) is 16.6. The van der Waals surface area contributed by atoms with Crippen molar-refractivity contribution < 1.29 is 14.3 Å². The van der Waals surface area contributed by atoms with E-state index in [1.165, 1.54) is 11.8 Å². The molecule has 7 heteroatoms. The Balaban J connectivity index is 1.39. The Labute approximate surface area is 168 Å². The lowest BCUT2D eigenvalue weighted by molar-refractivity contribution is -0.120. The van der Waals surface area contributed by atoms with Crippen molar-refractivity contribution >= 4 is 40.6 Å². The van der Waals surface area contributed by atoms with E-state index >= 15 is 0 Å². The van der Waals surface area contributed by atoms with Gasteiger partial charge in [0.25, 0.3) is 0 Å². The number of thioether (sulfide) groups is 1. The fourth-order valence-electron chi connectivity index (χ4n) is 3.40. The maximum atomic E-state index is 12.5. The van der Waals surface area contributed by atoms with Gasteiger partial charge in [-0.15, -0.1) is 11.8 Å². The monoisotopic (exact) mass is 397 g/mol. The summed E-state index contributed by atoms with van der Waals surface area (Å²) in [5, 5.41) is 5.41. The standard InChI is InChI=1S/C21H23N3O3S/c1-14-12-15(24-8-10-27-11-9-24)6-7-16(14)22-20(25)13-19-21(26)23-17-4-2-3-5-18(17)28-19/h2-7,12,19H,8-11,13H2,1H3,(H,22,25)(H,23,26). The Morgan fingerprint density at radius 2 is 2.04 bits per heavy atom. The second-order valence-electron chi connectivity index (χ2n) is 6.94. The Morgan fingerprint density at radius 3 is 2.82 bits per heavy atom. The van der Waals surface area contributed by atoms with E-state index in [0.717, 1.165) is 53.8 Å². The molecule has 2 aliphatic rings. The summed E-state index contributed by atoms with van der Waals surface area (Å²) in [5.74, 6) is -0.285. The number of rotatable bonds is 4. The number of fused-ring (bicyclic) bond motifs is 1. The van der Waals surface area contributed by atoms with Crippen LogP contribution in [0.5, 0.6) is 0 Å². The highest BCUT2D eigenvalue weighted by Gasteiger charge is 2.28. The molecule has 0 saturated carbocycles. The van der Waals surface area contributed by atoms with Crippen molar-refractivity contribution in [1.29, 1.82) is 0 Å². The predicted octanol–water partition coefficient (Wildman–Crippen LogP) is 3.27. The van der Waals surface area contributed by atoms with Crippen LogP contribution in [0.3, 0.4) is 0 Å². The fourth-order valence-corrected chi connectivity index (χ4v) is 4.51. The van der Waals surface area contributed by atoms with Gasteiger partial charge in [0.1, 0.15) is 0 Å².